The molecule has 1 aromatic carbocycles. The van der Waals surface area contributed by atoms with Gasteiger partial charge in [-0.25, -0.2) is 0 Å². The predicted molar refractivity (Wildman–Crippen MR) is 70.6 cm³/mol. The van der Waals surface area contributed by atoms with E-state index in [4.69, 9.17) is 3.17 Å². The molecule has 16 heavy (non-hydrogen) atoms. The molecule has 0 saturated heterocycles. The summed E-state index contributed by atoms with van der Waals surface area (Å²) in [4.78, 5) is 0. The van der Waals surface area contributed by atoms with Gasteiger partial charge in [0.25, 0.3) is 0 Å². The molecule has 1 aliphatic rings. The molecule has 0 bridgehead atoms. The average Bonchev–Trinajstić information content (AvgIpc) is 2.45. The van der Waals surface area contributed by atoms with Crippen molar-refractivity contribution in [1.82, 2.24) is 4.65 Å². The Morgan fingerprint density at radius 2 is 2.12 bits per heavy atom. The summed E-state index contributed by atoms with van der Waals surface area (Å²) in [5, 5.41) is 0. The van der Waals surface area contributed by atoms with Crippen LogP contribution in [0.5, 0.6) is 0 Å². The van der Waals surface area contributed by atoms with Crippen LogP contribution in [-0.2, 0) is 6.24 Å². The van der Waals surface area contributed by atoms with Gasteiger partial charge in [0, 0.05) is 0 Å². The van der Waals surface area contributed by atoms with Crippen molar-refractivity contribution >= 4 is 24.9 Å². The molecule has 0 amide bonds. The monoisotopic (exact) mass is 338 g/mol. The van der Waals surface area contributed by atoms with Gasteiger partial charge in [-0.3, -0.25) is 0 Å². The minimum atomic E-state index is -4.37. The summed E-state index contributed by atoms with van der Waals surface area (Å²) in [7, 11) is 1.85. The van der Waals surface area contributed by atoms with Crippen LogP contribution in [0.25, 0.3) is 0 Å². The Hall–Kier alpha value is -0.370. The summed E-state index contributed by atoms with van der Waals surface area (Å²) in [6.45, 7) is 2.83. The molecule has 0 fully saturated rings. The van der Waals surface area contributed by atoms with E-state index in [-0.39, 0.29) is 4.65 Å². The molecule has 2 atom stereocenters. The van der Waals surface area contributed by atoms with Crippen LogP contribution < -0.4 is 4.65 Å². The molecule has 0 spiro atoms. The standard InChI is InChI=1S/C11H16INO3/c1-3-4-9-13(2)11-8-6-5-7-10(11)12(14,15)16-13/h5-8H,3-4,9H2,1-2H3/p+1. The third-order valence-corrected chi connectivity index (χ3v) is 6.59. The normalized spacial score (nSPS) is 36.7. The first kappa shape index (κ1) is 12.1. The summed E-state index contributed by atoms with van der Waals surface area (Å²) >= 11 is -4.37. The van der Waals surface area contributed by atoms with E-state index in [1.165, 1.54) is 0 Å². The Kier molecular flexibility index (Phi) is 3.13. The molecular formula is C11H17INO3+. The van der Waals surface area contributed by atoms with Gasteiger partial charge in [0.2, 0.25) is 0 Å². The van der Waals surface area contributed by atoms with Crippen molar-refractivity contribution in [2.45, 2.75) is 19.8 Å². The van der Waals surface area contributed by atoms with Crippen molar-refractivity contribution < 1.29 is 9.67 Å². The summed E-state index contributed by atoms with van der Waals surface area (Å²) in [6, 6.07) is 7.25. The number of halogens is 1. The fourth-order valence-electron chi connectivity index (χ4n) is 1.93. The Morgan fingerprint density at radius 3 is 2.81 bits per heavy atom. The SMILES string of the molecule is CCCC[N+]1(C)OI(=O)(O)c2ccccc21. The van der Waals surface area contributed by atoms with Crippen LogP contribution in [0, 0.1) is 3.57 Å². The van der Waals surface area contributed by atoms with E-state index in [9.17, 15) is 6.51 Å². The fraction of sp³-hybridized carbons (Fsp3) is 0.455. The molecule has 4 nitrogen and oxygen atoms in total. The second kappa shape index (κ2) is 4.14. The number of para-hydroxylation sites is 1. The molecule has 1 heterocycles. The summed E-state index contributed by atoms with van der Waals surface area (Å²) < 4.78 is 27.9. The van der Waals surface area contributed by atoms with Crippen LogP contribution in [0.1, 0.15) is 19.8 Å². The van der Waals surface area contributed by atoms with E-state index < -0.39 is 19.3 Å². The Morgan fingerprint density at radius 1 is 1.44 bits per heavy atom. The van der Waals surface area contributed by atoms with Gasteiger partial charge in [-0.1, -0.05) is 0 Å². The van der Waals surface area contributed by atoms with Crippen molar-refractivity contribution in [1.29, 1.82) is 0 Å². The summed E-state index contributed by atoms with van der Waals surface area (Å²) in [6.07, 6.45) is 2.02. The molecule has 1 aromatic rings. The second-order valence-electron chi connectivity index (χ2n) is 4.14. The van der Waals surface area contributed by atoms with E-state index in [0.717, 1.165) is 25.1 Å². The first-order valence-electron chi connectivity index (χ1n) is 5.37. The average molecular weight is 338 g/mol. The van der Waals surface area contributed by atoms with Crippen LogP contribution in [0.15, 0.2) is 24.3 Å². The number of benzene rings is 1. The van der Waals surface area contributed by atoms with Gasteiger partial charge in [0.1, 0.15) is 0 Å². The third-order valence-electron chi connectivity index (χ3n) is 2.80. The van der Waals surface area contributed by atoms with E-state index in [0.29, 0.717) is 3.57 Å². The molecule has 1 N–H and O–H groups in total. The fourth-order valence-corrected chi connectivity index (χ4v) is 5.78. The van der Waals surface area contributed by atoms with Gasteiger partial charge in [0.05, 0.1) is 0 Å². The maximum atomic E-state index is 12.0. The number of nitrogens with zero attached hydrogens (tertiary/aromatic N) is 1. The Bertz CT molecular complexity index is 449. The maximum absolute atomic E-state index is 12.0. The van der Waals surface area contributed by atoms with Crippen molar-refractivity contribution in [3.63, 3.8) is 0 Å². The van der Waals surface area contributed by atoms with E-state index in [1.54, 1.807) is 12.1 Å². The van der Waals surface area contributed by atoms with Crippen molar-refractivity contribution in [2.24, 2.45) is 0 Å². The molecule has 0 aromatic heterocycles. The number of rotatable bonds is 3. The minimum absolute atomic E-state index is 0.140. The molecule has 0 aliphatic carbocycles. The molecule has 0 saturated carbocycles. The molecule has 1 aliphatic heterocycles. The van der Waals surface area contributed by atoms with Crippen LogP contribution in [-0.4, -0.2) is 17.0 Å². The van der Waals surface area contributed by atoms with E-state index >= 15 is 0 Å². The van der Waals surface area contributed by atoms with Gasteiger partial charge in [0.15, 0.2) is 0 Å². The molecule has 0 radical (unpaired) electrons. The van der Waals surface area contributed by atoms with Gasteiger partial charge in [-0.2, -0.15) is 0 Å². The summed E-state index contributed by atoms with van der Waals surface area (Å²) in [5.74, 6) is 0. The predicted octanol–water partition coefficient (Wildman–Crippen LogP) is 2.75. The number of hydroxylamine groups is 2. The number of fused-ring (bicyclic) bond motifs is 1. The third kappa shape index (κ3) is 1.92. The van der Waals surface area contributed by atoms with Crippen LogP contribution in [0.4, 0.5) is 5.69 Å². The van der Waals surface area contributed by atoms with Crippen molar-refractivity contribution in [2.75, 3.05) is 13.6 Å². The van der Waals surface area contributed by atoms with Gasteiger partial charge in [-0.05, 0) is 0 Å². The Balaban J connectivity index is 2.43. The molecule has 2 rings (SSSR count). The first-order valence-corrected chi connectivity index (χ1v) is 9.18. The van der Waals surface area contributed by atoms with Gasteiger partial charge >= 0.3 is 100 Å². The zero-order valence-corrected chi connectivity index (χ0v) is 11.7. The molecular weight excluding hydrogens is 321 g/mol. The zero-order chi connectivity index (χ0) is 11.8. The topological polar surface area (TPSA) is 46.5 Å². The number of unbranched alkanes of at least 4 members (excludes halogenated alkanes) is 1. The van der Waals surface area contributed by atoms with Gasteiger partial charge < -0.3 is 0 Å². The molecule has 90 valence electrons. The quantitative estimate of drug-likeness (QED) is 0.681. The van der Waals surface area contributed by atoms with Crippen molar-refractivity contribution in [3.05, 3.63) is 27.8 Å². The summed E-state index contributed by atoms with van der Waals surface area (Å²) in [5.41, 5.74) is 0.838. The van der Waals surface area contributed by atoms with Crippen LogP contribution in [0.3, 0.4) is 0 Å². The van der Waals surface area contributed by atoms with E-state index in [2.05, 4.69) is 6.92 Å². The molecule has 5 heteroatoms. The second-order valence-corrected chi connectivity index (χ2v) is 8.21. The van der Waals surface area contributed by atoms with Crippen molar-refractivity contribution in [3.8, 4) is 0 Å². The Labute approximate surface area is 100 Å². The van der Waals surface area contributed by atoms with Crippen LogP contribution in [0.2, 0.25) is 0 Å². The zero-order valence-electron chi connectivity index (χ0n) is 9.52. The van der Waals surface area contributed by atoms with E-state index in [1.807, 2.05) is 19.2 Å². The number of hydrogen-bond acceptors (Lipinski definition) is 2. The molecule has 2 unspecified atom stereocenters. The van der Waals surface area contributed by atoms with Crippen LogP contribution >= 0.6 is 19.3 Å². The number of quaternary nitrogens is 1. The van der Waals surface area contributed by atoms with Gasteiger partial charge in [-0.15, -0.1) is 0 Å². The first-order chi connectivity index (χ1) is 7.49. The number of hydrogen-bond donors (Lipinski definition) is 1.